The molecule has 0 saturated heterocycles. The third-order valence-corrected chi connectivity index (χ3v) is 5.52. The van der Waals surface area contributed by atoms with Crippen LogP contribution in [0.1, 0.15) is 45.1 Å². The smallest absolute Gasteiger partial charge is 0.494 e. The number of benzene rings is 1. The summed E-state index contributed by atoms with van der Waals surface area (Å²) >= 11 is 0. The maximum atomic E-state index is 13.3. The van der Waals surface area contributed by atoms with Crippen LogP contribution in [0, 0.1) is 5.92 Å². The fourth-order valence-electron chi connectivity index (χ4n) is 4.33. The average Bonchev–Trinajstić information content (AvgIpc) is 3.15. The van der Waals surface area contributed by atoms with E-state index >= 15 is 0 Å². The fourth-order valence-corrected chi connectivity index (χ4v) is 4.33. The molecule has 0 spiro atoms. The second-order valence-corrected chi connectivity index (χ2v) is 7.39. The molecule has 3 aliphatic rings. The van der Waals surface area contributed by atoms with Crippen LogP contribution in [0.5, 0.6) is 5.75 Å². The van der Waals surface area contributed by atoms with Crippen LogP contribution in [0.25, 0.3) is 0 Å². The second-order valence-electron chi connectivity index (χ2n) is 7.39. The molecule has 0 radical (unpaired) electrons. The van der Waals surface area contributed by atoms with E-state index in [0.29, 0.717) is 11.4 Å². The van der Waals surface area contributed by atoms with Gasteiger partial charge >= 0.3 is 11.9 Å². The first-order valence-corrected chi connectivity index (χ1v) is 9.29. The molecule has 0 aromatic heterocycles. The summed E-state index contributed by atoms with van der Waals surface area (Å²) < 4.78 is 7.32. The van der Waals surface area contributed by atoms with Crippen LogP contribution in [0.3, 0.4) is 0 Å². The van der Waals surface area contributed by atoms with Gasteiger partial charge in [0.25, 0.3) is 0 Å². The van der Waals surface area contributed by atoms with Crippen molar-refractivity contribution in [2.75, 3.05) is 7.11 Å². The number of urea groups is 1. The van der Waals surface area contributed by atoms with E-state index in [1.807, 2.05) is 36.6 Å². The molecular formula is C20H24N3O3+. The van der Waals surface area contributed by atoms with Gasteiger partial charge in [0.15, 0.2) is 5.92 Å². The number of aliphatic imine (C=N–C) groups is 1. The monoisotopic (exact) mass is 354 g/mol. The summed E-state index contributed by atoms with van der Waals surface area (Å²) in [6, 6.07) is 5.43. The van der Waals surface area contributed by atoms with Crippen molar-refractivity contribution < 1.29 is 18.9 Å². The third kappa shape index (κ3) is 2.39. The number of imide groups is 1. The number of para-hydroxylation sites is 1. The van der Waals surface area contributed by atoms with Gasteiger partial charge < -0.3 is 4.74 Å². The molecule has 1 aromatic rings. The average molecular weight is 354 g/mol. The van der Waals surface area contributed by atoms with E-state index in [9.17, 15) is 9.59 Å². The summed E-state index contributed by atoms with van der Waals surface area (Å²) in [4.78, 5) is 32.3. The molecule has 1 aliphatic carbocycles. The molecule has 3 amide bonds. The molecule has 136 valence electrons. The quantitative estimate of drug-likeness (QED) is 0.784. The van der Waals surface area contributed by atoms with Crippen molar-refractivity contribution in [1.29, 1.82) is 0 Å². The first-order chi connectivity index (χ1) is 12.5. The lowest BCUT2D eigenvalue weighted by molar-refractivity contribution is -0.481. The summed E-state index contributed by atoms with van der Waals surface area (Å²) in [5, 5.41) is 0. The summed E-state index contributed by atoms with van der Waals surface area (Å²) in [7, 11) is 1.61. The molecule has 0 N–H and O–H groups in total. The molecule has 2 aliphatic heterocycles. The van der Waals surface area contributed by atoms with E-state index in [1.165, 1.54) is 4.90 Å². The number of rotatable bonds is 3. The van der Waals surface area contributed by atoms with Crippen LogP contribution < -0.4 is 4.74 Å². The largest absolute Gasteiger partial charge is 0.501 e. The first kappa shape index (κ1) is 16.9. The Labute approximate surface area is 153 Å². The van der Waals surface area contributed by atoms with Crippen LogP contribution >= 0.6 is 0 Å². The maximum absolute atomic E-state index is 13.3. The van der Waals surface area contributed by atoms with E-state index < -0.39 is 5.92 Å². The van der Waals surface area contributed by atoms with Crippen molar-refractivity contribution in [3.8, 4) is 5.75 Å². The zero-order valence-electron chi connectivity index (χ0n) is 15.4. The molecule has 1 unspecified atom stereocenters. The topological polar surface area (TPSA) is 62.0 Å². The molecule has 6 heteroatoms. The van der Waals surface area contributed by atoms with Crippen molar-refractivity contribution in [3.05, 3.63) is 23.8 Å². The normalized spacial score (nSPS) is 22.9. The van der Waals surface area contributed by atoms with Gasteiger partial charge in [0.2, 0.25) is 0 Å². The highest BCUT2D eigenvalue weighted by Gasteiger charge is 2.52. The van der Waals surface area contributed by atoms with Crippen molar-refractivity contribution in [2.45, 2.75) is 51.6 Å². The Morgan fingerprint density at radius 1 is 1.23 bits per heavy atom. The predicted molar refractivity (Wildman–Crippen MR) is 98.6 cm³/mol. The van der Waals surface area contributed by atoms with Gasteiger partial charge in [-0.15, -0.1) is 0 Å². The highest BCUT2D eigenvalue weighted by atomic mass is 16.5. The number of amides is 3. The summed E-state index contributed by atoms with van der Waals surface area (Å²) in [6.45, 7) is 3.76. The lowest BCUT2D eigenvalue weighted by Gasteiger charge is -2.32. The number of ether oxygens (including phenoxy) is 1. The molecule has 6 nitrogen and oxygen atoms in total. The standard InChI is InChI=1S/C20H24N3O3/c1-12(2)22-19(24)15-11-21-17-14(9-6-10-16(17)26-3)18(15)23(20(22)25)13-7-4-5-8-13/h6,9-13,15H,4-5,7-8H2,1-3H3/q+1. The van der Waals surface area contributed by atoms with Crippen LogP contribution in [0.15, 0.2) is 23.2 Å². The Morgan fingerprint density at radius 3 is 2.62 bits per heavy atom. The van der Waals surface area contributed by atoms with E-state index in [2.05, 4.69) is 4.99 Å². The molecule has 1 saturated carbocycles. The van der Waals surface area contributed by atoms with E-state index in [4.69, 9.17) is 4.74 Å². The van der Waals surface area contributed by atoms with E-state index in [-0.39, 0.29) is 24.0 Å². The van der Waals surface area contributed by atoms with Gasteiger partial charge in [-0.05, 0) is 51.7 Å². The van der Waals surface area contributed by atoms with E-state index in [1.54, 1.807) is 13.3 Å². The minimum atomic E-state index is -0.518. The molecule has 1 aromatic carbocycles. The van der Waals surface area contributed by atoms with Gasteiger partial charge in [-0.2, -0.15) is 14.3 Å². The minimum absolute atomic E-state index is 0.139. The highest BCUT2D eigenvalue weighted by Crippen LogP contribution is 2.38. The Morgan fingerprint density at radius 2 is 1.96 bits per heavy atom. The minimum Gasteiger partial charge on any atom is -0.494 e. The van der Waals surface area contributed by atoms with Crippen LogP contribution in [-0.4, -0.2) is 52.5 Å². The molecule has 4 rings (SSSR count). The number of hydrogen-bond donors (Lipinski definition) is 0. The summed E-state index contributed by atoms with van der Waals surface area (Å²) in [5.41, 5.74) is 2.30. The summed E-state index contributed by atoms with van der Waals surface area (Å²) in [6.07, 6.45) is 5.84. The Bertz CT molecular complexity index is 835. The molecule has 26 heavy (non-hydrogen) atoms. The zero-order chi connectivity index (χ0) is 18.4. The number of nitrogens with zero attached hydrogens (tertiary/aromatic N) is 3. The van der Waals surface area contributed by atoms with Crippen molar-refractivity contribution >= 4 is 29.6 Å². The highest BCUT2D eigenvalue weighted by molar-refractivity contribution is 6.28. The van der Waals surface area contributed by atoms with Crippen LogP contribution in [-0.2, 0) is 4.79 Å². The number of methoxy groups -OCH3 is 1. The number of carbonyl (C=O) groups excluding carboxylic acids is 2. The van der Waals surface area contributed by atoms with Gasteiger partial charge in [0, 0.05) is 11.8 Å². The zero-order valence-corrected chi connectivity index (χ0v) is 15.4. The second kappa shape index (κ2) is 6.34. The van der Waals surface area contributed by atoms with Crippen molar-refractivity contribution in [2.24, 2.45) is 10.9 Å². The number of fused-ring (bicyclic) bond motifs is 3. The van der Waals surface area contributed by atoms with Gasteiger partial charge in [-0.1, -0.05) is 6.07 Å². The van der Waals surface area contributed by atoms with E-state index in [0.717, 1.165) is 37.0 Å². The Kier molecular flexibility index (Phi) is 4.13. The van der Waals surface area contributed by atoms with Gasteiger partial charge in [0.05, 0.1) is 7.11 Å². The summed E-state index contributed by atoms with van der Waals surface area (Å²) in [5.74, 6) is -0.0518. The third-order valence-electron chi connectivity index (χ3n) is 5.52. The molecule has 2 heterocycles. The number of carbonyl (C=O) groups is 2. The fraction of sp³-hybridized carbons (Fsp3) is 0.500. The van der Waals surface area contributed by atoms with Crippen molar-refractivity contribution in [3.63, 3.8) is 0 Å². The Hall–Kier alpha value is -2.50. The van der Waals surface area contributed by atoms with Gasteiger partial charge in [-0.3, -0.25) is 4.99 Å². The Balaban J connectivity index is 1.98. The molecule has 1 fully saturated rings. The molecule has 1 atom stereocenters. The molecular weight excluding hydrogens is 330 g/mol. The van der Waals surface area contributed by atoms with Gasteiger partial charge in [0.1, 0.15) is 29.2 Å². The lowest BCUT2D eigenvalue weighted by Crippen LogP contribution is -2.59. The lowest BCUT2D eigenvalue weighted by atomic mass is 9.89. The number of hydrogen-bond acceptors (Lipinski definition) is 4. The first-order valence-electron chi connectivity index (χ1n) is 9.29. The SMILES string of the molecule is COc1cccc2c1N=CC1C(=O)N(C(C)C)C(=O)[N+](C3CCCC3)=C21. The molecule has 0 bridgehead atoms. The van der Waals surface area contributed by atoms with Crippen molar-refractivity contribution in [1.82, 2.24) is 4.90 Å². The van der Waals surface area contributed by atoms with Crippen LogP contribution in [0.4, 0.5) is 10.5 Å². The predicted octanol–water partition coefficient (Wildman–Crippen LogP) is 3.14. The van der Waals surface area contributed by atoms with Crippen LogP contribution in [0.2, 0.25) is 0 Å². The maximum Gasteiger partial charge on any atom is 0.501 e. The van der Waals surface area contributed by atoms with Gasteiger partial charge in [-0.25, -0.2) is 4.79 Å².